The van der Waals surface area contributed by atoms with Gasteiger partial charge >= 0.3 is 0 Å². The van der Waals surface area contributed by atoms with Crippen LogP contribution in [0.25, 0.3) is 11.3 Å². The van der Waals surface area contributed by atoms with Gasteiger partial charge in [-0.2, -0.15) is 0 Å². The lowest BCUT2D eigenvalue weighted by Crippen LogP contribution is -2.22. The highest BCUT2D eigenvalue weighted by Gasteiger charge is 2.29. The third-order valence-corrected chi connectivity index (χ3v) is 7.98. The van der Waals surface area contributed by atoms with Gasteiger partial charge in [-0.15, -0.1) is 0 Å². The largest absolute Gasteiger partial charge is 0.497 e. The van der Waals surface area contributed by atoms with Gasteiger partial charge < -0.3 is 14.8 Å². The lowest BCUT2D eigenvalue weighted by atomic mass is 9.88. The number of benzene rings is 2. The maximum atomic E-state index is 6.82. The lowest BCUT2D eigenvalue weighted by Gasteiger charge is -2.31. The first-order valence-corrected chi connectivity index (χ1v) is 13.8. The van der Waals surface area contributed by atoms with Gasteiger partial charge in [0.1, 0.15) is 11.5 Å². The van der Waals surface area contributed by atoms with Crippen LogP contribution in [0.15, 0.2) is 42.5 Å². The molecule has 5 rings (SSSR count). The fourth-order valence-corrected chi connectivity index (χ4v) is 5.96. The first-order valence-electron chi connectivity index (χ1n) is 13.8. The van der Waals surface area contributed by atoms with Gasteiger partial charge in [0.25, 0.3) is 0 Å². The standard InChI is InChI=1S/C32H40N2O2/c1-5-22-11-9-12-23(6-2)31(22)29-20-30(36-24-13-7-8-14-24)32-26(15-10-16-27(32)34-29)33-28-19-25(35-4)18-17-21(28)3/h9,11-12,17-20,24,26,33H,5-8,10,13-16H2,1-4H3. The van der Waals surface area contributed by atoms with E-state index >= 15 is 0 Å². The molecule has 36 heavy (non-hydrogen) atoms. The van der Waals surface area contributed by atoms with E-state index in [0.717, 1.165) is 67.8 Å². The average Bonchev–Trinajstić information content (AvgIpc) is 3.42. The molecular weight excluding hydrogens is 444 g/mol. The number of methoxy groups -OCH3 is 1. The van der Waals surface area contributed by atoms with Crippen molar-refractivity contribution in [3.63, 3.8) is 0 Å². The summed E-state index contributed by atoms with van der Waals surface area (Å²) in [6.07, 6.45) is 10.3. The Labute approximate surface area is 216 Å². The molecule has 0 aliphatic heterocycles. The minimum absolute atomic E-state index is 0.171. The molecule has 1 aromatic heterocycles. The van der Waals surface area contributed by atoms with Crippen LogP contribution in [0.1, 0.15) is 86.4 Å². The van der Waals surface area contributed by atoms with Crippen molar-refractivity contribution < 1.29 is 9.47 Å². The molecule has 4 heteroatoms. The molecule has 3 aromatic rings. The highest BCUT2D eigenvalue weighted by molar-refractivity contribution is 5.71. The average molecular weight is 485 g/mol. The number of ether oxygens (including phenoxy) is 2. The van der Waals surface area contributed by atoms with Gasteiger partial charge in [0.15, 0.2) is 0 Å². The molecule has 2 aliphatic carbocycles. The molecule has 4 nitrogen and oxygen atoms in total. The predicted molar refractivity (Wildman–Crippen MR) is 148 cm³/mol. The van der Waals surface area contributed by atoms with Crippen LogP contribution in [-0.4, -0.2) is 18.2 Å². The number of pyridine rings is 1. The molecule has 0 bridgehead atoms. The van der Waals surface area contributed by atoms with Crippen molar-refractivity contribution in [1.82, 2.24) is 4.98 Å². The minimum atomic E-state index is 0.171. The zero-order valence-corrected chi connectivity index (χ0v) is 22.3. The van der Waals surface area contributed by atoms with Gasteiger partial charge in [0.2, 0.25) is 0 Å². The molecule has 2 aliphatic rings. The fraction of sp³-hybridized carbons (Fsp3) is 0.469. The van der Waals surface area contributed by atoms with E-state index in [1.807, 2.05) is 6.07 Å². The summed E-state index contributed by atoms with van der Waals surface area (Å²) in [5.74, 6) is 1.91. The Bertz CT molecular complexity index is 1190. The summed E-state index contributed by atoms with van der Waals surface area (Å²) in [7, 11) is 1.72. The Hall–Kier alpha value is -3.01. The first kappa shape index (κ1) is 24.7. The normalized spacial score (nSPS) is 17.6. The number of aryl methyl sites for hydroxylation is 4. The van der Waals surface area contributed by atoms with Crippen molar-refractivity contribution in [2.45, 2.75) is 90.7 Å². The predicted octanol–water partition coefficient (Wildman–Crippen LogP) is 8.00. The summed E-state index contributed by atoms with van der Waals surface area (Å²) < 4.78 is 12.3. The lowest BCUT2D eigenvalue weighted by molar-refractivity contribution is 0.206. The SMILES string of the molecule is CCc1cccc(CC)c1-c1cc(OC2CCCC2)c2c(n1)CCCC2Nc1cc(OC)ccc1C. The van der Waals surface area contributed by atoms with E-state index in [-0.39, 0.29) is 6.04 Å². The van der Waals surface area contributed by atoms with Crippen LogP contribution in [0.3, 0.4) is 0 Å². The first-order chi connectivity index (χ1) is 17.6. The number of rotatable bonds is 8. The van der Waals surface area contributed by atoms with E-state index in [1.54, 1.807) is 7.11 Å². The van der Waals surface area contributed by atoms with E-state index < -0.39 is 0 Å². The summed E-state index contributed by atoms with van der Waals surface area (Å²) in [5, 5.41) is 3.85. The Balaban J connectivity index is 1.61. The van der Waals surface area contributed by atoms with Crippen LogP contribution in [0, 0.1) is 6.92 Å². The zero-order chi connectivity index (χ0) is 25.1. The number of hydrogen-bond donors (Lipinski definition) is 1. The molecule has 1 heterocycles. The molecule has 0 saturated heterocycles. The van der Waals surface area contributed by atoms with Crippen molar-refractivity contribution in [3.8, 4) is 22.8 Å². The summed E-state index contributed by atoms with van der Waals surface area (Å²) in [6.45, 7) is 6.63. The summed E-state index contributed by atoms with van der Waals surface area (Å²) in [5.41, 5.74) is 9.90. The zero-order valence-electron chi connectivity index (χ0n) is 22.3. The topological polar surface area (TPSA) is 43.4 Å². The quantitative estimate of drug-likeness (QED) is 0.352. The molecule has 0 radical (unpaired) electrons. The summed E-state index contributed by atoms with van der Waals surface area (Å²) in [4.78, 5) is 5.34. The van der Waals surface area contributed by atoms with E-state index in [1.165, 1.54) is 46.4 Å². The molecule has 1 N–H and O–H groups in total. The van der Waals surface area contributed by atoms with Gasteiger partial charge in [-0.25, -0.2) is 0 Å². The second-order valence-corrected chi connectivity index (χ2v) is 10.3. The van der Waals surface area contributed by atoms with Gasteiger partial charge in [-0.05, 0) is 87.5 Å². The number of fused-ring (bicyclic) bond motifs is 1. The molecule has 0 amide bonds. The van der Waals surface area contributed by atoms with E-state index in [0.29, 0.717) is 6.10 Å². The van der Waals surface area contributed by atoms with Crippen LogP contribution in [0.4, 0.5) is 5.69 Å². The van der Waals surface area contributed by atoms with Crippen LogP contribution < -0.4 is 14.8 Å². The number of aromatic nitrogens is 1. The number of hydrogen-bond acceptors (Lipinski definition) is 4. The Morgan fingerprint density at radius 2 is 1.69 bits per heavy atom. The Morgan fingerprint density at radius 1 is 0.944 bits per heavy atom. The Kier molecular flexibility index (Phi) is 7.50. The minimum Gasteiger partial charge on any atom is -0.497 e. The van der Waals surface area contributed by atoms with Crippen molar-refractivity contribution in [1.29, 1.82) is 0 Å². The number of nitrogens with one attached hydrogen (secondary N) is 1. The Morgan fingerprint density at radius 3 is 2.39 bits per heavy atom. The third-order valence-electron chi connectivity index (χ3n) is 7.98. The number of nitrogens with zero attached hydrogens (tertiary/aromatic N) is 1. The molecule has 1 fully saturated rings. The van der Waals surface area contributed by atoms with Crippen LogP contribution in [-0.2, 0) is 19.3 Å². The number of anilines is 1. The fourth-order valence-electron chi connectivity index (χ4n) is 5.96. The van der Waals surface area contributed by atoms with E-state index in [2.05, 4.69) is 62.5 Å². The van der Waals surface area contributed by atoms with Crippen molar-refractivity contribution >= 4 is 5.69 Å². The molecular formula is C32H40N2O2. The summed E-state index contributed by atoms with van der Waals surface area (Å²) in [6, 6.07) is 15.4. The van der Waals surface area contributed by atoms with Crippen molar-refractivity contribution in [2.24, 2.45) is 0 Å². The summed E-state index contributed by atoms with van der Waals surface area (Å²) >= 11 is 0. The molecule has 190 valence electrons. The van der Waals surface area contributed by atoms with Gasteiger partial charge in [-0.3, -0.25) is 4.98 Å². The van der Waals surface area contributed by atoms with E-state index in [9.17, 15) is 0 Å². The van der Waals surface area contributed by atoms with Crippen molar-refractivity contribution in [2.75, 3.05) is 12.4 Å². The highest BCUT2D eigenvalue weighted by atomic mass is 16.5. The van der Waals surface area contributed by atoms with E-state index in [4.69, 9.17) is 14.5 Å². The second-order valence-electron chi connectivity index (χ2n) is 10.3. The smallest absolute Gasteiger partial charge is 0.128 e. The molecule has 1 atom stereocenters. The van der Waals surface area contributed by atoms with Crippen LogP contribution >= 0.6 is 0 Å². The van der Waals surface area contributed by atoms with Gasteiger partial charge in [0.05, 0.1) is 30.6 Å². The highest BCUT2D eigenvalue weighted by Crippen LogP contribution is 2.43. The monoisotopic (exact) mass is 484 g/mol. The van der Waals surface area contributed by atoms with Gasteiger partial charge in [-0.1, -0.05) is 38.1 Å². The molecule has 1 unspecified atom stereocenters. The maximum Gasteiger partial charge on any atom is 0.128 e. The van der Waals surface area contributed by atoms with Crippen LogP contribution in [0.5, 0.6) is 11.5 Å². The van der Waals surface area contributed by atoms with Gasteiger partial charge in [0, 0.05) is 28.9 Å². The molecule has 2 aromatic carbocycles. The molecule has 1 saturated carbocycles. The molecule has 0 spiro atoms. The maximum absolute atomic E-state index is 6.82. The van der Waals surface area contributed by atoms with Crippen LogP contribution in [0.2, 0.25) is 0 Å². The van der Waals surface area contributed by atoms with Crippen molar-refractivity contribution in [3.05, 3.63) is 70.4 Å². The third kappa shape index (κ3) is 4.96. The second kappa shape index (κ2) is 10.9.